The summed E-state index contributed by atoms with van der Waals surface area (Å²) in [4.78, 5) is 18.3. The molecule has 0 heterocycles. The predicted octanol–water partition coefficient (Wildman–Crippen LogP) is 7.94. The van der Waals surface area contributed by atoms with Gasteiger partial charge in [0.15, 0.2) is 0 Å². The molecule has 244 valence electrons. The second kappa shape index (κ2) is 14.2. The number of hydrogen-bond donors (Lipinski definition) is 2. The second-order valence-corrected chi connectivity index (χ2v) is 12.4. The highest BCUT2D eigenvalue weighted by Crippen LogP contribution is 2.37. The Kier molecular flexibility index (Phi) is 11.1. The van der Waals surface area contributed by atoms with E-state index in [0.717, 1.165) is 22.9 Å². The van der Waals surface area contributed by atoms with Crippen LogP contribution in [0.2, 0.25) is 0 Å². The topological polar surface area (TPSA) is 75.2 Å². The average Bonchev–Trinajstić information content (AvgIpc) is 3.07. The van der Waals surface area contributed by atoms with Crippen molar-refractivity contribution < 1.29 is 31.8 Å². The standard InChI is InChI=1S/C34H42F4N4O3/c1-20-14-31(29(42(7)8)15-23-12-10-11-13-24(20)23)45-21(2)26(34(36,37)38)18-39-22(3)41-28-17-27(35)25(16-30(28)44-9)32(43)40-19-33(4,5)6/h10-13,16-18,20,41H,3,14-15,19H2,1-2,4-9H3,(H,40,43)/b26-21-,39-18-/t20-/m0/s1. The number of hydrogen-bond acceptors (Lipinski definition) is 6. The van der Waals surface area contributed by atoms with Gasteiger partial charge in [0.2, 0.25) is 0 Å². The molecule has 0 unspecified atom stereocenters. The van der Waals surface area contributed by atoms with Gasteiger partial charge in [-0.15, -0.1) is 0 Å². The Bertz CT molecular complexity index is 1520. The van der Waals surface area contributed by atoms with Gasteiger partial charge in [-0.05, 0) is 35.4 Å². The smallest absolute Gasteiger partial charge is 0.421 e. The molecule has 2 aromatic rings. The summed E-state index contributed by atoms with van der Waals surface area (Å²) in [6.07, 6.45) is -3.25. The number of carbonyl (C=O) groups is 1. The summed E-state index contributed by atoms with van der Waals surface area (Å²) in [6.45, 7) is 13.0. The molecule has 45 heavy (non-hydrogen) atoms. The number of alkyl halides is 3. The maximum Gasteiger partial charge on any atom is 0.421 e. The molecule has 1 aliphatic rings. The molecule has 0 saturated heterocycles. The molecule has 0 saturated carbocycles. The number of likely N-dealkylation sites (N-methyl/N-ethyl adjacent to an activating group) is 1. The van der Waals surface area contributed by atoms with E-state index in [-0.39, 0.29) is 39.9 Å². The number of methoxy groups -OCH3 is 1. The summed E-state index contributed by atoms with van der Waals surface area (Å²) in [5.74, 6) is -1.53. The van der Waals surface area contributed by atoms with Gasteiger partial charge in [0.1, 0.15) is 34.5 Å². The average molecular weight is 631 g/mol. The monoisotopic (exact) mass is 630 g/mol. The molecule has 3 rings (SSSR count). The normalized spacial score (nSPS) is 16.0. The Balaban J connectivity index is 1.87. The lowest BCUT2D eigenvalue weighted by Crippen LogP contribution is -2.32. The molecule has 2 N–H and O–H groups in total. The first-order valence-electron chi connectivity index (χ1n) is 14.5. The molecule has 1 amide bonds. The number of aliphatic imine (C=N–C) groups is 1. The summed E-state index contributed by atoms with van der Waals surface area (Å²) in [7, 11) is 4.98. The molecule has 0 bridgehead atoms. The third kappa shape index (κ3) is 9.36. The highest BCUT2D eigenvalue weighted by atomic mass is 19.4. The van der Waals surface area contributed by atoms with Crippen LogP contribution in [-0.4, -0.2) is 50.9 Å². The van der Waals surface area contributed by atoms with Crippen molar-refractivity contribution in [2.75, 3.05) is 33.1 Å². The van der Waals surface area contributed by atoms with Gasteiger partial charge >= 0.3 is 6.18 Å². The Morgan fingerprint density at radius 3 is 2.44 bits per heavy atom. The zero-order chi connectivity index (χ0) is 33.7. The third-order valence-electron chi connectivity index (χ3n) is 7.20. The first-order chi connectivity index (χ1) is 20.9. The SMILES string of the molecule is C=C(/N=C\C(=C(/C)OC1=C(N(C)C)Cc2ccccc2[C@@H](C)C1)C(F)(F)F)Nc1cc(F)c(C(=O)NCC(C)(C)C)cc1OC. The number of nitrogens with zero attached hydrogens (tertiary/aromatic N) is 2. The fraction of sp³-hybridized carbons (Fsp3) is 0.412. The molecule has 1 aliphatic carbocycles. The highest BCUT2D eigenvalue weighted by molar-refractivity contribution is 5.95. The summed E-state index contributed by atoms with van der Waals surface area (Å²) in [5.41, 5.74) is 1.47. The molecule has 0 radical (unpaired) electrons. The van der Waals surface area contributed by atoms with Crippen LogP contribution in [0.4, 0.5) is 23.2 Å². The molecule has 7 nitrogen and oxygen atoms in total. The Hall–Kier alpha value is -4.28. The van der Waals surface area contributed by atoms with Crippen LogP contribution < -0.4 is 15.4 Å². The summed E-state index contributed by atoms with van der Waals surface area (Å²) < 4.78 is 68.9. The predicted molar refractivity (Wildman–Crippen MR) is 170 cm³/mol. The van der Waals surface area contributed by atoms with Gasteiger partial charge in [0, 0.05) is 45.8 Å². The molecule has 1 atom stereocenters. The van der Waals surface area contributed by atoms with E-state index in [9.17, 15) is 22.4 Å². The van der Waals surface area contributed by atoms with Crippen molar-refractivity contribution in [2.24, 2.45) is 10.4 Å². The minimum atomic E-state index is -4.79. The first kappa shape index (κ1) is 35.2. The molecular weight excluding hydrogens is 588 g/mol. The van der Waals surface area contributed by atoms with Crippen LogP contribution in [0.3, 0.4) is 0 Å². The molecule has 2 aromatic carbocycles. The van der Waals surface area contributed by atoms with Crippen LogP contribution in [-0.2, 0) is 11.2 Å². The van der Waals surface area contributed by atoms with Crippen molar-refractivity contribution in [3.63, 3.8) is 0 Å². The number of amides is 1. The van der Waals surface area contributed by atoms with Crippen molar-refractivity contribution in [3.8, 4) is 5.75 Å². The minimum Gasteiger partial charge on any atom is -0.495 e. The summed E-state index contributed by atoms with van der Waals surface area (Å²) >= 11 is 0. The Morgan fingerprint density at radius 1 is 1.18 bits per heavy atom. The number of halogens is 4. The van der Waals surface area contributed by atoms with Crippen molar-refractivity contribution in [1.29, 1.82) is 0 Å². The van der Waals surface area contributed by atoms with Crippen molar-refractivity contribution in [1.82, 2.24) is 10.2 Å². The molecule has 0 fully saturated rings. The van der Waals surface area contributed by atoms with Crippen LogP contribution in [0.25, 0.3) is 0 Å². The van der Waals surface area contributed by atoms with Gasteiger partial charge < -0.3 is 25.0 Å². The second-order valence-electron chi connectivity index (χ2n) is 12.4. The molecule has 0 aromatic heterocycles. The van der Waals surface area contributed by atoms with Crippen LogP contribution in [0, 0.1) is 11.2 Å². The van der Waals surface area contributed by atoms with Crippen molar-refractivity contribution in [3.05, 3.63) is 94.1 Å². The van der Waals surface area contributed by atoms with E-state index in [1.54, 1.807) is 0 Å². The van der Waals surface area contributed by atoms with Gasteiger partial charge in [-0.2, -0.15) is 13.2 Å². The summed E-state index contributed by atoms with van der Waals surface area (Å²) in [5, 5.41) is 5.33. The number of allylic oxidation sites excluding steroid dienone is 4. The van der Waals surface area contributed by atoms with E-state index in [0.29, 0.717) is 31.4 Å². The first-order valence-corrected chi connectivity index (χ1v) is 14.5. The van der Waals surface area contributed by atoms with E-state index >= 15 is 0 Å². The van der Waals surface area contributed by atoms with Gasteiger partial charge in [0.05, 0.1) is 24.1 Å². The lowest BCUT2D eigenvalue weighted by atomic mass is 9.94. The molecule has 0 spiro atoms. The molecular formula is C34H42F4N4O3. The fourth-order valence-corrected chi connectivity index (χ4v) is 4.84. The van der Waals surface area contributed by atoms with Crippen molar-refractivity contribution in [2.45, 2.75) is 59.6 Å². The maximum atomic E-state index is 14.9. The van der Waals surface area contributed by atoms with Gasteiger partial charge in [-0.25, -0.2) is 9.38 Å². The number of nitrogens with one attached hydrogen (secondary N) is 2. The quantitative estimate of drug-likeness (QED) is 0.158. The maximum absolute atomic E-state index is 14.9. The Labute approximate surface area is 262 Å². The number of benzene rings is 2. The van der Waals surface area contributed by atoms with E-state index < -0.39 is 23.5 Å². The minimum absolute atomic E-state index is 0.0276. The van der Waals surface area contributed by atoms with Crippen molar-refractivity contribution >= 4 is 17.8 Å². The highest BCUT2D eigenvalue weighted by Gasteiger charge is 2.36. The van der Waals surface area contributed by atoms with Crippen LogP contribution in [0.1, 0.15) is 68.4 Å². The van der Waals surface area contributed by atoms with E-state index in [1.807, 2.05) is 71.0 Å². The lowest BCUT2D eigenvalue weighted by Gasteiger charge is -2.23. The third-order valence-corrected chi connectivity index (χ3v) is 7.20. The zero-order valence-corrected chi connectivity index (χ0v) is 27.1. The van der Waals surface area contributed by atoms with Gasteiger partial charge in [-0.3, -0.25) is 4.79 Å². The van der Waals surface area contributed by atoms with E-state index in [2.05, 4.69) is 22.2 Å². The van der Waals surface area contributed by atoms with Crippen LogP contribution >= 0.6 is 0 Å². The number of ether oxygens (including phenoxy) is 2. The Morgan fingerprint density at radius 2 is 1.84 bits per heavy atom. The number of rotatable bonds is 10. The zero-order valence-electron chi connectivity index (χ0n) is 27.1. The molecule has 11 heteroatoms. The number of anilines is 1. The summed E-state index contributed by atoms with van der Waals surface area (Å²) in [6, 6.07) is 10.1. The lowest BCUT2D eigenvalue weighted by molar-refractivity contribution is -0.0884. The fourth-order valence-electron chi connectivity index (χ4n) is 4.84. The number of fused-ring (bicyclic) bond motifs is 1. The van der Waals surface area contributed by atoms with E-state index in [1.165, 1.54) is 20.1 Å². The molecule has 0 aliphatic heterocycles. The van der Waals surface area contributed by atoms with Gasteiger partial charge in [-0.1, -0.05) is 58.5 Å². The van der Waals surface area contributed by atoms with Gasteiger partial charge in [0.25, 0.3) is 5.91 Å². The van der Waals surface area contributed by atoms with E-state index in [4.69, 9.17) is 9.47 Å². The van der Waals surface area contributed by atoms with Crippen LogP contribution in [0.5, 0.6) is 5.75 Å². The number of carbonyl (C=O) groups excluding carboxylic acids is 1. The largest absolute Gasteiger partial charge is 0.495 e. The van der Waals surface area contributed by atoms with Crippen LogP contribution in [0.15, 0.2) is 76.6 Å².